The van der Waals surface area contributed by atoms with Gasteiger partial charge < -0.3 is 10.6 Å². The zero-order valence-electron chi connectivity index (χ0n) is 11.8. The van der Waals surface area contributed by atoms with Gasteiger partial charge >= 0.3 is 0 Å². The first-order chi connectivity index (χ1) is 10.2. The second-order valence-corrected chi connectivity index (χ2v) is 5.26. The van der Waals surface area contributed by atoms with Crippen molar-refractivity contribution in [2.75, 3.05) is 5.32 Å². The first-order valence-electron chi connectivity index (χ1n) is 7.26. The molecule has 2 N–H and O–H groups in total. The first kappa shape index (κ1) is 15.0. The molecule has 110 valence electrons. The second-order valence-electron chi connectivity index (χ2n) is 5.26. The van der Waals surface area contributed by atoms with E-state index in [0.29, 0.717) is 5.69 Å². The molecule has 2 rings (SSSR count). The van der Waals surface area contributed by atoms with E-state index in [9.17, 15) is 9.59 Å². The lowest BCUT2D eigenvalue weighted by Gasteiger charge is -2.23. The fraction of sp³-hybridized carbons (Fsp3) is 0.438. The molecule has 2 amide bonds. The Morgan fingerprint density at radius 2 is 1.76 bits per heavy atom. The fourth-order valence-electron chi connectivity index (χ4n) is 2.50. The van der Waals surface area contributed by atoms with Crippen LogP contribution in [0.1, 0.15) is 32.1 Å². The lowest BCUT2D eigenvalue weighted by atomic mass is 9.95. The Hall–Kier alpha value is -2.35. The summed E-state index contributed by atoms with van der Waals surface area (Å²) in [5.41, 5.74) is 0.577. The highest BCUT2D eigenvalue weighted by Crippen LogP contribution is 2.18. The van der Waals surface area contributed by atoms with Gasteiger partial charge in [0.25, 0.3) is 5.91 Å². The number of para-hydroxylation sites is 1. The molecule has 1 aliphatic rings. The Labute approximate surface area is 124 Å². The number of carbonyl (C=O) groups is 2. The maximum atomic E-state index is 12.1. The highest BCUT2D eigenvalue weighted by atomic mass is 16.2. The predicted octanol–water partition coefficient (Wildman–Crippen LogP) is 2.21. The van der Waals surface area contributed by atoms with E-state index < -0.39 is 17.7 Å². The van der Waals surface area contributed by atoms with Crippen molar-refractivity contribution in [2.24, 2.45) is 5.92 Å². The van der Waals surface area contributed by atoms with Crippen molar-refractivity contribution >= 4 is 17.5 Å². The standard InChI is InChI=1S/C16H19N3O2/c17-11-14(15(20)18-12-7-3-1-4-8-12)16(21)19-13-9-5-2-6-10-13/h1,3-4,7-8,13-14H,2,5-6,9-10H2,(H,18,20)(H,19,21)/t14-/m1/s1. The number of nitrogens with zero attached hydrogens (tertiary/aromatic N) is 1. The smallest absolute Gasteiger partial charge is 0.251 e. The number of rotatable bonds is 4. The van der Waals surface area contributed by atoms with Crippen molar-refractivity contribution in [3.63, 3.8) is 0 Å². The number of hydrogen-bond donors (Lipinski definition) is 2. The highest BCUT2D eigenvalue weighted by Gasteiger charge is 2.28. The van der Waals surface area contributed by atoms with Crippen LogP contribution in [0.4, 0.5) is 5.69 Å². The van der Waals surface area contributed by atoms with E-state index in [1.165, 1.54) is 6.42 Å². The minimum atomic E-state index is -1.31. The van der Waals surface area contributed by atoms with Gasteiger partial charge in [-0.3, -0.25) is 9.59 Å². The van der Waals surface area contributed by atoms with Crippen molar-refractivity contribution in [3.05, 3.63) is 30.3 Å². The third-order valence-corrected chi connectivity index (χ3v) is 3.65. The average Bonchev–Trinajstić information content (AvgIpc) is 2.50. The number of anilines is 1. The van der Waals surface area contributed by atoms with Gasteiger partial charge in [-0.15, -0.1) is 0 Å². The van der Waals surface area contributed by atoms with Gasteiger partial charge in [0.2, 0.25) is 11.8 Å². The minimum Gasteiger partial charge on any atom is -0.352 e. The van der Waals surface area contributed by atoms with Crippen LogP contribution in [0.2, 0.25) is 0 Å². The van der Waals surface area contributed by atoms with E-state index in [1.54, 1.807) is 30.3 Å². The van der Waals surface area contributed by atoms with Crippen LogP contribution >= 0.6 is 0 Å². The van der Waals surface area contributed by atoms with Crippen LogP contribution in [0, 0.1) is 17.2 Å². The van der Waals surface area contributed by atoms with Crippen molar-refractivity contribution < 1.29 is 9.59 Å². The lowest BCUT2D eigenvalue weighted by Crippen LogP contribution is -2.43. The molecule has 0 aliphatic heterocycles. The van der Waals surface area contributed by atoms with E-state index in [-0.39, 0.29) is 6.04 Å². The molecule has 0 aromatic heterocycles. The number of carbonyl (C=O) groups excluding carboxylic acids is 2. The molecule has 0 bridgehead atoms. The van der Waals surface area contributed by atoms with Gasteiger partial charge in [0.1, 0.15) is 0 Å². The largest absolute Gasteiger partial charge is 0.352 e. The number of benzene rings is 1. The van der Waals surface area contributed by atoms with E-state index in [1.807, 2.05) is 6.07 Å². The molecule has 5 nitrogen and oxygen atoms in total. The van der Waals surface area contributed by atoms with E-state index in [4.69, 9.17) is 5.26 Å². The second kappa shape index (κ2) is 7.44. The van der Waals surface area contributed by atoms with Crippen LogP contribution < -0.4 is 10.6 Å². The fourth-order valence-corrected chi connectivity index (χ4v) is 2.50. The Balaban J connectivity index is 1.93. The molecule has 1 aromatic carbocycles. The molecule has 0 radical (unpaired) electrons. The molecule has 0 heterocycles. The Morgan fingerprint density at radius 1 is 1.10 bits per heavy atom. The van der Waals surface area contributed by atoms with Gasteiger partial charge in [-0.1, -0.05) is 37.5 Å². The van der Waals surface area contributed by atoms with Crippen LogP contribution in [0.25, 0.3) is 0 Å². The summed E-state index contributed by atoms with van der Waals surface area (Å²) in [5, 5.41) is 14.5. The third kappa shape index (κ3) is 4.32. The number of nitriles is 1. The summed E-state index contributed by atoms with van der Waals surface area (Å²) >= 11 is 0. The zero-order valence-corrected chi connectivity index (χ0v) is 11.8. The van der Waals surface area contributed by atoms with E-state index >= 15 is 0 Å². The molecule has 1 aromatic rings. The predicted molar refractivity (Wildman–Crippen MR) is 79.2 cm³/mol. The first-order valence-corrected chi connectivity index (χ1v) is 7.26. The van der Waals surface area contributed by atoms with Crippen molar-refractivity contribution in [1.29, 1.82) is 5.26 Å². The van der Waals surface area contributed by atoms with Crippen molar-refractivity contribution in [1.82, 2.24) is 5.32 Å². The Bertz CT molecular complexity index is 530. The topological polar surface area (TPSA) is 82.0 Å². The molecule has 1 atom stereocenters. The number of amides is 2. The summed E-state index contributed by atoms with van der Waals surface area (Å²) in [6.07, 6.45) is 5.19. The van der Waals surface area contributed by atoms with Gasteiger partial charge in [0.15, 0.2) is 0 Å². The summed E-state index contributed by atoms with van der Waals surface area (Å²) in [6.45, 7) is 0. The van der Waals surface area contributed by atoms with Crippen LogP contribution in [0.5, 0.6) is 0 Å². The summed E-state index contributed by atoms with van der Waals surface area (Å²) in [6, 6.07) is 10.7. The molecular formula is C16H19N3O2. The molecule has 0 spiro atoms. The normalized spacial score (nSPS) is 16.5. The van der Waals surface area contributed by atoms with Gasteiger partial charge in [-0.25, -0.2) is 0 Å². The van der Waals surface area contributed by atoms with Crippen molar-refractivity contribution in [3.8, 4) is 6.07 Å². The Kier molecular flexibility index (Phi) is 5.33. The van der Waals surface area contributed by atoms with Gasteiger partial charge in [-0.2, -0.15) is 5.26 Å². The maximum absolute atomic E-state index is 12.1. The summed E-state index contributed by atoms with van der Waals surface area (Å²) < 4.78 is 0. The zero-order chi connectivity index (χ0) is 15.1. The Morgan fingerprint density at radius 3 is 2.38 bits per heavy atom. The van der Waals surface area contributed by atoms with Crippen LogP contribution in [-0.2, 0) is 9.59 Å². The van der Waals surface area contributed by atoms with Gasteiger partial charge in [0.05, 0.1) is 6.07 Å². The molecular weight excluding hydrogens is 266 g/mol. The summed E-state index contributed by atoms with van der Waals surface area (Å²) in [7, 11) is 0. The molecule has 5 heteroatoms. The molecule has 0 saturated heterocycles. The number of nitrogens with one attached hydrogen (secondary N) is 2. The van der Waals surface area contributed by atoms with Crippen molar-refractivity contribution in [2.45, 2.75) is 38.1 Å². The van der Waals surface area contributed by atoms with Crippen LogP contribution in [-0.4, -0.2) is 17.9 Å². The third-order valence-electron chi connectivity index (χ3n) is 3.65. The summed E-state index contributed by atoms with van der Waals surface area (Å²) in [5.74, 6) is -2.40. The molecule has 1 fully saturated rings. The monoisotopic (exact) mass is 285 g/mol. The van der Waals surface area contributed by atoms with Gasteiger partial charge in [-0.05, 0) is 25.0 Å². The average molecular weight is 285 g/mol. The maximum Gasteiger partial charge on any atom is 0.251 e. The lowest BCUT2D eigenvalue weighted by molar-refractivity contribution is -0.130. The van der Waals surface area contributed by atoms with E-state index in [2.05, 4.69) is 10.6 Å². The summed E-state index contributed by atoms with van der Waals surface area (Å²) in [4.78, 5) is 24.1. The highest BCUT2D eigenvalue weighted by molar-refractivity contribution is 6.08. The molecule has 1 aliphatic carbocycles. The minimum absolute atomic E-state index is 0.0895. The molecule has 0 unspecified atom stereocenters. The molecule has 21 heavy (non-hydrogen) atoms. The van der Waals surface area contributed by atoms with Crippen LogP contribution in [0.3, 0.4) is 0 Å². The number of hydrogen-bond acceptors (Lipinski definition) is 3. The quantitative estimate of drug-likeness (QED) is 0.832. The SMILES string of the molecule is N#C[C@H](C(=O)Nc1ccccc1)C(=O)NC1CCCCC1. The molecule has 1 saturated carbocycles. The van der Waals surface area contributed by atoms with E-state index in [0.717, 1.165) is 25.7 Å². The van der Waals surface area contributed by atoms with Crippen LogP contribution in [0.15, 0.2) is 30.3 Å². The van der Waals surface area contributed by atoms with Gasteiger partial charge in [0, 0.05) is 11.7 Å².